The van der Waals surface area contributed by atoms with Crippen molar-refractivity contribution >= 4 is 17.4 Å². The normalized spacial score (nSPS) is 12.9. The fraction of sp³-hybridized carbons (Fsp3) is 0.600. The van der Waals surface area contributed by atoms with E-state index in [1.54, 1.807) is 18.7 Å². The van der Waals surface area contributed by atoms with Gasteiger partial charge in [0.15, 0.2) is 5.78 Å². The van der Waals surface area contributed by atoms with Gasteiger partial charge in [0.2, 0.25) is 0 Å². The lowest BCUT2D eigenvalue weighted by molar-refractivity contribution is -0.127. The molecule has 0 radical (unpaired) electrons. The molecule has 0 fully saturated rings. The molecule has 0 saturated carbocycles. The zero-order valence-corrected chi connectivity index (χ0v) is 10.1. The summed E-state index contributed by atoms with van der Waals surface area (Å²) in [4.78, 5) is 11.6. The van der Waals surface area contributed by atoms with E-state index in [0.29, 0.717) is 5.15 Å². The number of aryl methyl sites for hydroxylation is 2. The van der Waals surface area contributed by atoms with Gasteiger partial charge in [-0.2, -0.15) is 5.10 Å². The first kappa shape index (κ1) is 12.2. The van der Waals surface area contributed by atoms with Crippen LogP contribution in [0.3, 0.4) is 0 Å². The summed E-state index contributed by atoms with van der Waals surface area (Å²) in [5.74, 6) is 0.00972. The summed E-state index contributed by atoms with van der Waals surface area (Å²) in [5.41, 5.74) is 1.58. The Balaban J connectivity index is 2.85. The number of aromatic nitrogens is 2. The second-order valence-corrected chi connectivity index (χ2v) is 3.86. The van der Waals surface area contributed by atoms with Crippen molar-refractivity contribution in [1.82, 2.24) is 9.78 Å². The molecule has 1 aromatic rings. The molecule has 0 bridgehead atoms. The summed E-state index contributed by atoms with van der Waals surface area (Å²) < 4.78 is 6.52. The first-order valence-corrected chi connectivity index (χ1v) is 5.08. The van der Waals surface area contributed by atoms with Gasteiger partial charge < -0.3 is 4.74 Å². The summed E-state index contributed by atoms with van der Waals surface area (Å²) in [6.07, 6.45) is -0.131. The summed E-state index contributed by atoms with van der Waals surface area (Å²) in [7, 11) is 3.27. The molecule has 1 aromatic heterocycles. The van der Waals surface area contributed by atoms with E-state index in [-0.39, 0.29) is 12.2 Å². The number of carbonyl (C=O) groups excluding carboxylic acids is 1. The van der Waals surface area contributed by atoms with E-state index >= 15 is 0 Å². The molecule has 0 saturated heterocycles. The standard InChI is InChI=1S/C10H15ClN2O2/c1-6-8(10(11)13(3)12-6)5-9(14)7(2)15-4/h7H,5H2,1-4H3. The van der Waals surface area contributed by atoms with E-state index in [0.717, 1.165) is 11.3 Å². The smallest absolute Gasteiger partial charge is 0.165 e. The number of nitrogens with zero attached hydrogens (tertiary/aromatic N) is 2. The maximum atomic E-state index is 11.6. The third-order valence-electron chi connectivity index (χ3n) is 2.43. The molecule has 15 heavy (non-hydrogen) atoms. The molecule has 0 aliphatic heterocycles. The molecule has 0 aromatic carbocycles. The highest BCUT2D eigenvalue weighted by atomic mass is 35.5. The van der Waals surface area contributed by atoms with Gasteiger partial charge in [-0.1, -0.05) is 11.6 Å². The SMILES string of the molecule is COC(C)C(=O)Cc1c(C)nn(C)c1Cl. The summed E-state index contributed by atoms with van der Waals surface area (Å²) >= 11 is 6.01. The maximum Gasteiger partial charge on any atom is 0.165 e. The second kappa shape index (κ2) is 4.77. The van der Waals surface area contributed by atoms with Gasteiger partial charge in [-0.3, -0.25) is 9.48 Å². The quantitative estimate of drug-likeness (QED) is 0.788. The number of hydrogen-bond acceptors (Lipinski definition) is 3. The minimum atomic E-state index is -0.402. The largest absolute Gasteiger partial charge is 0.374 e. The Hall–Kier alpha value is -0.870. The Kier molecular flexibility index (Phi) is 3.88. The Morgan fingerprint density at radius 1 is 1.67 bits per heavy atom. The molecule has 84 valence electrons. The number of ketones is 1. The van der Waals surface area contributed by atoms with Gasteiger partial charge in [-0.25, -0.2) is 0 Å². The Bertz CT molecular complexity index is 374. The van der Waals surface area contributed by atoms with Crippen molar-refractivity contribution in [2.45, 2.75) is 26.4 Å². The van der Waals surface area contributed by atoms with Crippen molar-refractivity contribution in [2.24, 2.45) is 7.05 Å². The number of rotatable bonds is 4. The number of Topliss-reactive ketones (excluding diaryl/α,β-unsaturated/α-hetero) is 1. The van der Waals surface area contributed by atoms with Crippen LogP contribution >= 0.6 is 11.6 Å². The van der Waals surface area contributed by atoms with Gasteiger partial charge in [-0.15, -0.1) is 0 Å². The van der Waals surface area contributed by atoms with Gasteiger partial charge in [0, 0.05) is 26.1 Å². The van der Waals surface area contributed by atoms with Gasteiger partial charge >= 0.3 is 0 Å². The molecule has 1 atom stereocenters. The van der Waals surface area contributed by atoms with Gasteiger partial charge in [-0.05, 0) is 13.8 Å². The fourth-order valence-electron chi connectivity index (χ4n) is 1.32. The monoisotopic (exact) mass is 230 g/mol. The molecule has 0 N–H and O–H groups in total. The van der Waals surface area contributed by atoms with E-state index in [4.69, 9.17) is 16.3 Å². The van der Waals surface area contributed by atoms with Crippen LogP contribution in [0.15, 0.2) is 0 Å². The average molecular weight is 231 g/mol. The lowest BCUT2D eigenvalue weighted by Crippen LogP contribution is -2.21. The predicted molar refractivity (Wildman–Crippen MR) is 58.1 cm³/mol. The van der Waals surface area contributed by atoms with Crippen molar-refractivity contribution in [3.63, 3.8) is 0 Å². The number of hydrogen-bond donors (Lipinski definition) is 0. The number of carbonyl (C=O) groups is 1. The topological polar surface area (TPSA) is 44.1 Å². The lowest BCUT2D eigenvalue weighted by atomic mass is 10.1. The van der Waals surface area contributed by atoms with E-state index in [2.05, 4.69) is 5.10 Å². The number of ether oxygens (including phenoxy) is 1. The number of halogens is 1. The highest BCUT2D eigenvalue weighted by Gasteiger charge is 2.18. The van der Waals surface area contributed by atoms with Crippen LogP contribution in [0.2, 0.25) is 5.15 Å². The third kappa shape index (κ3) is 2.58. The average Bonchev–Trinajstić information content (AvgIpc) is 2.43. The van der Waals surface area contributed by atoms with Crippen LogP contribution in [0.25, 0.3) is 0 Å². The predicted octanol–water partition coefficient (Wildman–Crippen LogP) is 1.53. The summed E-state index contributed by atoms with van der Waals surface area (Å²) in [5, 5.41) is 4.66. The molecule has 0 spiro atoms. The molecule has 0 amide bonds. The van der Waals surface area contributed by atoms with Crippen molar-refractivity contribution < 1.29 is 9.53 Å². The molecule has 0 aliphatic rings. The van der Waals surface area contributed by atoms with E-state index in [1.165, 1.54) is 7.11 Å². The minimum Gasteiger partial charge on any atom is -0.374 e. The van der Waals surface area contributed by atoms with Gasteiger partial charge in [0.05, 0.1) is 5.69 Å². The van der Waals surface area contributed by atoms with Crippen LogP contribution < -0.4 is 0 Å². The van der Waals surface area contributed by atoms with Crippen LogP contribution in [0, 0.1) is 6.92 Å². The molecule has 4 nitrogen and oxygen atoms in total. The van der Waals surface area contributed by atoms with Crippen LogP contribution in [-0.4, -0.2) is 28.8 Å². The van der Waals surface area contributed by atoms with Gasteiger partial charge in [0.25, 0.3) is 0 Å². The van der Waals surface area contributed by atoms with Crippen molar-refractivity contribution in [1.29, 1.82) is 0 Å². The van der Waals surface area contributed by atoms with E-state index in [1.807, 2.05) is 6.92 Å². The van der Waals surface area contributed by atoms with Crippen LogP contribution in [0.5, 0.6) is 0 Å². The summed E-state index contributed by atoms with van der Waals surface area (Å²) in [6, 6.07) is 0. The maximum absolute atomic E-state index is 11.6. The minimum absolute atomic E-state index is 0.00972. The zero-order chi connectivity index (χ0) is 11.6. The van der Waals surface area contributed by atoms with E-state index < -0.39 is 6.10 Å². The van der Waals surface area contributed by atoms with Crippen LogP contribution in [0.4, 0.5) is 0 Å². The molecular weight excluding hydrogens is 216 g/mol. The zero-order valence-electron chi connectivity index (χ0n) is 9.37. The van der Waals surface area contributed by atoms with Crippen LogP contribution in [0.1, 0.15) is 18.2 Å². The fourth-order valence-corrected chi connectivity index (χ4v) is 1.57. The first-order valence-electron chi connectivity index (χ1n) is 4.70. The Morgan fingerprint density at radius 2 is 2.27 bits per heavy atom. The van der Waals surface area contributed by atoms with Crippen LogP contribution in [-0.2, 0) is 23.0 Å². The molecule has 0 aliphatic carbocycles. The number of methoxy groups -OCH3 is 1. The third-order valence-corrected chi connectivity index (χ3v) is 2.90. The molecule has 1 heterocycles. The molecule has 1 unspecified atom stereocenters. The Labute approximate surface area is 94.2 Å². The lowest BCUT2D eigenvalue weighted by Gasteiger charge is -2.07. The Morgan fingerprint density at radius 3 is 2.67 bits per heavy atom. The molecular formula is C10H15ClN2O2. The summed E-state index contributed by atoms with van der Waals surface area (Å²) in [6.45, 7) is 3.56. The second-order valence-electron chi connectivity index (χ2n) is 3.50. The van der Waals surface area contributed by atoms with Crippen molar-refractivity contribution in [3.8, 4) is 0 Å². The highest BCUT2D eigenvalue weighted by Crippen LogP contribution is 2.19. The van der Waals surface area contributed by atoms with Crippen molar-refractivity contribution in [2.75, 3.05) is 7.11 Å². The van der Waals surface area contributed by atoms with Gasteiger partial charge in [0.1, 0.15) is 11.3 Å². The van der Waals surface area contributed by atoms with Crippen molar-refractivity contribution in [3.05, 3.63) is 16.4 Å². The highest BCUT2D eigenvalue weighted by molar-refractivity contribution is 6.30. The first-order chi connectivity index (χ1) is 6.97. The molecule has 5 heteroatoms. The van der Waals surface area contributed by atoms with E-state index in [9.17, 15) is 4.79 Å². The molecule has 1 rings (SSSR count).